The topological polar surface area (TPSA) is 75.3 Å². The number of rotatable bonds is 4. The molecule has 4 N–H and O–H groups in total. The zero-order valence-corrected chi connectivity index (χ0v) is 11.5. The van der Waals surface area contributed by atoms with Crippen molar-refractivity contribution in [2.45, 2.75) is 20.0 Å². The van der Waals surface area contributed by atoms with E-state index >= 15 is 0 Å². The molecule has 0 fully saturated rings. The summed E-state index contributed by atoms with van der Waals surface area (Å²) in [6, 6.07) is 5.11. The number of anilines is 1. The third kappa shape index (κ3) is 3.71. The van der Waals surface area contributed by atoms with Crippen LogP contribution in [0.4, 0.5) is 5.69 Å². The molecule has 0 radical (unpaired) electrons. The summed E-state index contributed by atoms with van der Waals surface area (Å²) in [4.78, 5) is 11.8. The molecule has 1 rings (SSSR count). The number of nitrogens with two attached hydrogens (primary N) is 1. The molecule has 0 aliphatic carbocycles. The van der Waals surface area contributed by atoms with E-state index in [1.807, 2.05) is 13.8 Å². The summed E-state index contributed by atoms with van der Waals surface area (Å²) in [5.41, 5.74) is 6.68. The number of aliphatic hydroxyl groups is 1. The van der Waals surface area contributed by atoms with Crippen molar-refractivity contribution in [3.8, 4) is 0 Å². The van der Waals surface area contributed by atoms with Crippen molar-refractivity contribution in [3.63, 3.8) is 0 Å². The monoisotopic (exact) mass is 300 g/mol. The van der Waals surface area contributed by atoms with Crippen molar-refractivity contribution in [3.05, 3.63) is 28.2 Å². The second kappa shape index (κ2) is 6.02. The Morgan fingerprint density at radius 1 is 1.53 bits per heavy atom. The van der Waals surface area contributed by atoms with Gasteiger partial charge in [0, 0.05) is 12.2 Å². The number of hydrogen-bond acceptors (Lipinski definition) is 3. The molecule has 0 aliphatic heterocycles. The van der Waals surface area contributed by atoms with Crippen LogP contribution in [0.15, 0.2) is 22.7 Å². The maximum atomic E-state index is 11.8. The van der Waals surface area contributed by atoms with Gasteiger partial charge in [0.2, 0.25) is 0 Å². The van der Waals surface area contributed by atoms with E-state index in [4.69, 9.17) is 5.73 Å². The Morgan fingerprint density at radius 3 is 2.76 bits per heavy atom. The summed E-state index contributed by atoms with van der Waals surface area (Å²) in [5.74, 6) is -0.136. The first kappa shape index (κ1) is 14.0. The van der Waals surface area contributed by atoms with E-state index in [1.54, 1.807) is 18.2 Å². The Kier molecular flexibility index (Phi) is 4.96. The van der Waals surface area contributed by atoms with Crippen molar-refractivity contribution >= 4 is 27.5 Å². The van der Waals surface area contributed by atoms with Gasteiger partial charge >= 0.3 is 0 Å². The fourth-order valence-electron chi connectivity index (χ4n) is 1.25. The summed E-state index contributed by atoms with van der Waals surface area (Å²) < 4.78 is 0.580. The molecule has 4 nitrogen and oxygen atoms in total. The molecule has 0 heterocycles. The Hall–Kier alpha value is -1.07. The lowest BCUT2D eigenvalue weighted by molar-refractivity contribution is 0.0871. The van der Waals surface area contributed by atoms with E-state index in [-0.39, 0.29) is 18.4 Å². The van der Waals surface area contributed by atoms with Gasteiger partial charge < -0.3 is 16.2 Å². The van der Waals surface area contributed by atoms with Crippen LogP contribution in [-0.4, -0.2) is 23.7 Å². The van der Waals surface area contributed by atoms with E-state index in [9.17, 15) is 9.90 Å². The highest BCUT2D eigenvalue weighted by Gasteiger charge is 2.14. The first-order valence-corrected chi connectivity index (χ1v) is 6.23. The third-order valence-electron chi connectivity index (χ3n) is 2.51. The van der Waals surface area contributed by atoms with Gasteiger partial charge in [-0.3, -0.25) is 4.79 Å². The standard InChI is InChI=1S/C12H17BrN2O2/c1-7(2)10(16)6-15-12(17)8-4-3-5-9(14)11(8)13/h3-5,7,10,16H,6,14H2,1-2H3,(H,15,17). The summed E-state index contributed by atoms with van der Waals surface area (Å²) in [6.07, 6.45) is -0.543. The summed E-state index contributed by atoms with van der Waals surface area (Å²) >= 11 is 3.27. The first-order valence-electron chi connectivity index (χ1n) is 5.43. The average molecular weight is 301 g/mol. The minimum atomic E-state index is -0.543. The van der Waals surface area contributed by atoms with Crippen LogP contribution in [0.5, 0.6) is 0 Å². The largest absolute Gasteiger partial charge is 0.398 e. The SMILES string of the molecule is CC(C)C(O)CNC(=O)c1cccc(N)c1Br. The van der Waals surface area contributed by atoms with Gasteiger partial charge in [-0.15, -0.1) is 0 Å². The minimum Gasteiger partial charge on any atom is -0.398 e. The van der Waals surface area contributed by atoms with Gasteiger partial charge in [0.25, 0.3) is 5.91 Å². The van der Waals surface area contributed by atoms with Crippen LogP contribution in [0.2, 0.25) is 0 Å². The van der Waals surface area contributed by atoms with Gasteiger partial charge in [-0.1, -0.05) is 19.9 Å². The normalized spacial score (nSPS) is 12.5. The number of carbonyl (C=O) groups excluding carboxylic acids is 1. The Labute approximate surface area is 109 Å². The van der Waals surface area contributed by atoms with Crippen LogP contribution in [0, 0.1) is 5.92 Å². The molecule has 1 aromatic rings. The Bertz CT molecular complexity index is 407. The molecule has 0 aliphatic rings. The van der Waals surface area contributed by atoms with E-state index in [0.29, 0.717) is 15.7 Å². The fraction of sp³-hybridized carbons (Fsp3) is 0.417. The molecule has 0 aromatic heterocycles. The van der Waals surface area contributed by atoms with Crippen molar-refractivity contribution in [1.82, 2.24) is 5.32 Å². The van der Waals surface area contributed by atoms with Gasteiger partial charge in [-0.25, -0.2) is 0 Å². The molecule has 0 saturated heterocycles. The number of aliphatic hydroxyl groups excluding tert-OH is 1. The highest BCUT2D eigenvalue weighted by molar-refractivity contribution is 9.10. The highest BCUT2D eigenvalue weighted by Crippen LogP contribution is 2.23. The van der Waals surface area contributed by atoms with E-state index in [0.717, 1.165) is 0 Å². The maximum Gasteiger partial charge on any atom is 0.252 e. The number of nitrogens with one attached hydrogen (secondary N) is 1. The van der Waals surface area contributed by atoms with Crippen molar-refractivity contribution in [2.75, 3.05) is 12.3 Å². The first-order chi connectivity index (χ1) is 7.93. The number of benzene rings is 1. The average Bonchev–Trinajstić information content (AvgIpc) is 2.29. The molecule has 1 amide bonds. The Morgan fingerprint density at radius 2 is 2.18 bits per heavy atom. The number of carbonyl (C=O) groups is 1. The van der Waals surface area contributed by atoms with Crippen molar-refractivity contribution < 1.29 is 9.90 Å². The molecule has 94 valence electrons. The number of amides is 1. The van der Waals surface area contributed by atoms with Crippen LogP contribution < -0.4 is 11.1 Å². The quantitative estimate of drug-likeness (QED) is 0.742. The number of hydrogen-bond donors (Lipinski definition) is 3. The van der Waals surface area contributed by atoms with Crippen LogP contribution in [-0.2, 0) is 0 Å². The summed E-state index contributed by atoms with van der Waals surface area (Å²) in [5, 5.41) is 12.3. The summed E-state index contributed by atoms with van der Waals surface area (Å²) in [6.45, 7) is 4.03. The van der Waals surface area contributed by atoms with Gasteiger partial charge in [0.15, 0.2) is 0 Å². The third-order valence-corrected chi connectivity index (χ3v) is 3.40. The molecular weight excluding hydrogens is 284 g/mol. The smallest absolute Gasteiger partial charge is 0.252 e. The van der Waals surface area contributed by atoms with Gasteiger partial charge in [-0.2, -0.15) is 0 Å². The van der Waals surface area contributed by atoms with Crippen molar-refractivity contribution in [2.24, 2.45) is 5.92 Å². The molecule has 1 atom stereocenters. The summed E-state index contributed by atoms with van der Waals surface area (Å²) in [7, 11) is 0. The molecule has 5 heteroatoms. The second-order valence-corrected chi connectivity index (χ2v) is 5.02. The Balaban J connectivity index is 2.68. The highest BCUT2D eigenvalue weighted by atomic mass is 79.9. The lowest BCUT2D eigenvalue weighted by Gasteiger charge is -2.15. The predicted molar refractivity (Wildman–Crippen MR) is 71.7 cm³/mol. The number of halogens is 1. The minimum absolute atomic E-state index is 0.111. The molecule has 1 aromatic carbocycles. The van der Waals surface area contributed by atoms with Crippen LogP contribution in [0.1, 0.15) is 24.2 Å². The van der Waals surface area contributed by atoms with Gasteiger partial charge in [-0.05, 0) is 34.0 Å². The van der Waals surface area contributed by atoms with E-state index in [2.05, 4.69) is 21.2 Å². The van der Waals surface area contributed by atoms with Crippen LogP contribution in [0.25, 0.3) is 0 Å². The van der Waals surface area contributed by atoms with Gasteiger partial charge in [0.05, 0.1) is 16.1 Å². The van der Waals surface area contributed by atoms with E-state index < -0.39 is 6.10 Å². The van der Waals surface area contributed by atoms with Gasteiger partial charge in [0.1, 0.15) is 0 Å². The predicted octanol–water partition coefficient (Wildman–Crippen LogP) is 1.78. The molecule has 0 spiro atoms. The molecule has 1 unspecified atom stereocenters. The maximum absolute atomic E-state index is 11.8. The molecule has 0 bridgehead atoms. The van der Waals surface area contributed by atoms with Crippen LogP contribution >= 0.6 is 15.9 Å². The van der Waals surface area contributed by atoms with E-state index in [1.165, 1.54) is 0 Å². The lowest BCUT2D eigenvalue weighted by atomic mass is 10.1. The second-order valence-electron chi connectivity index (χ2n) is 4.23. The van der Waals surface area contributed by atoms with Crippen molar-refractivity contribution in [1.29, 1.82) is 0 Å². The molecule has 17 heavy (non-hydrogen) atoms. The zero-order valence-electron chi connectivity index (χ0n) is 9.90. The van der Waals surface area contributed by atoms with Crippen LogP contribution in [0.3, 0.4) is 0 Å². The molecule has 0 saturated carbocycles. The lowest BCUT2D eigenvalue weighted by Crippen LogP contribution is -2.34. The number of nitrogen functional groups attached to an aromatic ring is 1. The molecular formula is C12H17BrN2O2. The fourth-order valence-corrected chi connectivity index (χ4v) is 1.70. The zero-order chi connectivity index (χ0) is 13.0.